The van der Waals surface area contributed by atoms with Gasteiger partial charge in [0.1, 0.15) is 5.82 Å². The third kappa shape index (κ3) is 3.51. The number of imidazole rings is 1. The maximum atomic E-state index is 13.3. The quantitative estimate of drug-likeness (QED) is 0.509. The van der Waals surface area contributed by atoms with Crippen molar-refractivity contribution < 1.29 is 0 Å². The van der Waals surface area contributed by atoms with Crippen molar-refractivity contribution in [3.05, 3.63) is 97.4 Å². The van der Waals surface area contributed by atoms with Gasteiger partial charge in [0.2, 0.25) is 0 Å². The zero-order valence-electron chi connectivity index (χ0n) is 16.3. The molecule has 0 fully saturated rings. The lowest BCUT2D eigenvalue weighted by molar-refractivity contribution is 0.629. The average molecular weight is 409 g/mol. The molecule has 0 saturated heterocycles. The number of aryl methyl sites for hydroxylation is 2. The van der Waals surface area contributed by atoms with E-state index in [2.05, 4.69) is 4.98 Å². The van der Waals surface area contributed by atoms with Crippen LogP contribution in [-0.4, -0.2) is 18.7 Å². The largest absolute Gasteiger partial charge is 0.333 e. The van der Waals surface area contributed by atoms with Crippen LogP contribution in [0.3, 0.4) is 0 Å². The first-order valence-corrected chi connectivity index (χ1v) is 9.84. The van der Waals surface area contributed by atoms with E-state index >= 15 is 0 Å². The molecule has 0 aliphatic heterocycles. The van der Waals surface area contributed by atoms with Gasteiger partial charge in [-0.1, -0.05) is 61.0 Å². The topological polar surface area (TPSA) is 61.8 Å². The van der Waals surface area contributed by atoms with Crippen LogP contribution in [0, 0.1) is 0 Å². The van der Waals surface area contributed by atoms with Crippen LogP contribution in [0.15, 0.2) is 64.2 Å². The number of hydrogen-bond acceptors (Lipinski definition) is 3. The van der Waals surface area contributed by atoms with Crippen LogP contribution in [0.2, 0.25) is 5.02 Å². The number of rotatable bonds is 5. The van der Waals surface area contributed by atoms with E-state index in [-0.39, 0.29) is 17.8 Å². The van der Waals surface area contributed by atoms with Crippen molar-refractivity contribution in [2.45, 2.75) is 26.4 Å². The average Bonchev–Trinajstić information content (AvgIpc) is 3.07. The van der Waals surface area contributed by atoms with Crippen LogP contribution < -0.4 is 11.2 Å². The van der Waals surface area contributed by atoms with Gasteiger partial charge in [0, 0.05) is 18.5 Å². The molecule has 6 nitrogen and oxygen atoms in total. The van der Waals surface area contributed by atoms with Gasteiger partial charge >= 0.3 is 5.69 Å². The van der Waals surface area contributed by atoms with E-state index in [4.69, 9.17) is 11.6 Å². The molecule has 4 rings (SSSR count). The summed E-state index contributed by atoms with van der Waals surface area (Å²) in [6, 6.07) is 16.8. The first-order chi connectivity index (χ1) is 14.0. The minimum Gasteiger partial charge on any atom is -0.325 e. The van der Waals surface area contributed by atoms with E-state index in [1.165, 1.54) is 4.57 Å². The molecule has 2 aromatic carbocycles. The number of fused-ring (bicyclic) bond motifs is 1. The number of benzene rings is 2. The molecule has 2 aromatic heterocycles. The van der Waals surface area contributed by atoms with Crippen molar-refractivity contribution in [3.8, 4) is 0 Å². The van der Waals surface area contributed by atoms with Crippen LogP contribution in [0.4, 0.5) is 0 Å². The Labute approximate surface area is 172 Å². The maximum absolute atomic E-state index is 13.3. The molecule has 2 heterocycles. The Bertz CT molecular complexity index is 1290. The molecule has 148 valence electrons. The van der Waals surface area contributed by atoms with E-state index in [0.717, 1.165) is 17.0 Å². The van der Waals surface area contributed by atoms with E-state index < -0.39 is 0 Å². The minimum absolute atomic E-state index is 0.173. The van der Waals surface area contributed by atoms with Gasteiger partial charge in [0.15, 0.2) is 11.2 Å². The summed E-state index contributed by atoms with van der Waals surface area (Å²) in [4.78, 5) is 31.2. The Kier molecular flexibility index (Phi) is 5.11. The van der Waals surface area contributed by atoms with Crippen LogP contribution in [0.25, 0.3) is 11.2 Å². The van der Waals surface area contributed by atoms with Crippen molar-refractivity contribution in [1.82, 2.24) is 18.7 Å². The molecule has 0 aliphatic rings. The molecular formula is C22H21ClN4O2. The van der Waals surface area contributed by atoms with E-state index in [9.17, 15) is 9.59 Å². The van der Waals surface area contributed by atoms with Crippen molar-refractivity contribution in [3.63, 3.8) is 0 Å². The summed E-state index contributed by atoms with van der Waals surface area (Å²) >= 11 is 5.96. The smallest absolute Gasteiger partial charge is 0.325 e. The molecule has 0 atom stereocenters. The Balaban J connectivity index is 1.95. The van der Waals surface area contributed by atoms with Gasteiger partial charge in [0.05, 0.1) is 13.1 Å². The fraction of sp³-hybridized carbons (Fsp3) is 0.227. The van der Waals surface area contributed by atoms with Gasteiger partial charge in [-0.2, -0.15) is 0 Å². The van der Waals surface area contributed by atoms with Gasteiger partial charge in [-0.15, -0.1) is 0 Å². The fourth-order valence-electron chi connectivity index (χ4n) is 3.54. The van der Waals surface area contributed by atoms with E-state index in [1.807, 2.05) is 56.4 Å². The van der Waals surface area contributed by atoms with Gasteiger partial charge in [-0.05, 0) is 23.3 Å². The highest BCUT2D eigenvalue weighted by Crippen LogP contribution is 2.14. The van der Waals surface area contributed by atoms with Gasteiger partial charge in [-0.25, -0.2) is 9.78 Å². The number of hydrogen-bond donors (Lipinski definition) is 0. The molecule has 0 bridgehead atoms. The summed E-state index contributed by atoms with van der Waals surface area (Å²) in [5.41, 5.74) is 1.95. The predicted molar refractivity (Wildman–Crippen MR) is 115 cm³/mol. The zero-order chi connectivity index (χ0) is 20.5. The van der Waals surface area contributed by atoms with Crippen LogP contribution in [0.5, 0.6) is 0 Å². The standard InChI is InChI=1S/C22H21ClN4O2/c1-3-18-24-20-19(25(18)2)21(28)27(14-16-9-11-17(23)12-10-16)22(29)26(20)13-15-7-5-4-6-8-15/h4-12H,3,13-14H2,1-2H3. The van der Waals surface area contributed by atoms with Gasteiger partial charge in [-0.3, -0.25) is 13.9 Å². The Morgan fingerprint density at radius 1 is 0.897 bits per heavy atom. The lowest BCUT2D eigenvalue weighted by Crippen LogP contribution is -2.41. The highest BCUT2D eigenvalue weighted by atomic mass is 35.5. The lowest BCUT2D eigenvalue weighted by atomic mass is 10.2. The molecule has 0 amide bonds. The monoisotopic (exact) mass is 408 g/mol. The summed E-state index contributed by atoms with van der Waals surface area (Å²) in [5, 5.41) is 0.609. The number of nitrogens with zero attached hydrogens (tertiary/aromatic N) is 4. The molecule has 0 spiro atoms. The zero-order valence-corrected chi connectivity index (χ0v) is 17.1. The van der Waals surface area contributed by atoms with Crippen molar-refractivity contribution in [2.24, 2.45) is 7.05 Å². The second-order valence-corrected chi connectivity index (χ2v) is 7.42. The number of halogens is 1. The van der Waals surface area contributed by atoms with Gasteiger partial charge in [0.25, 0.3) is 5.56 Å². The molecule has 29 heavy (non-hydrogen) atoms. The molecule has 0 saturated carbocycles. The van der Waals surface area contributed by atoms with E-state index in [0.29, 0.717) is 29.2 Å². The highest BCUT2D eigenvalue weighted by Gasteiger charge is 2.19. The minimum atomic E-state index is -0.373. The van der Waals surface area contributed by atoms with Gasteiger partial charge < -0.3 is 4.57 Å². The second kappa shape index (κ2) is 7.72. The first kappa shape index (κ1) is 19.2. The third-order valence-electron chi connectivity index (χ3n) is 5.09. The van der Waals surface area contributed by atoms with Crippen LogP contribution >= 0.6 is 11.6 Å². The first-order valence-electron chi connectivity index (χ1n) is 9.47. The summed E-state index contributed by atoms with van der Waals surface area (Å²) < 4.78 is 4.65. The van der Waals surface area contributed by atoms with Crippen molar-refractivity contribution in [1.29, 1.82) is 0 Å². The highest BCUT2D eigenvalue weighted by molar-refractivity contribution is 6.30. The van der Waals surface area contributed by atoms with Crippen molar-refractivity contribution in [2.75, 3.05) is 0 Å². The molecule has 0 aliphatic carbocycles. The summed E-state index contributed by atoms with van der Waals surface area (Å²) in [5.74, 6) is 0.766. The van der Waals surface area contributed by atoms with Crippen LogP contribution in [-0.2, 0) is 26.6 Å². The Morgan fingerprint density at radius 2 is 1.52 bits per heavy atom. The van der Waals surface area contributed by atoms with E-state index in [1.54, 1.807) is 21.3 Å². The molecule has 0 radical (unpaired) electrons. The predicted octanol–water partition coefficient (Wildman–Crippen LogP) is 3.21. The molecule has 4 aromatic rings. The molecular weight excluding hydrogens is 388 g/mol. The molecule has 7 heteroatoms. The molecule has 0 unspecified atom stereocenters. The summed E-state index contributed by atoms with van der Waals surface area (Å²) in [6.07, 6.45) is 0.668. The second-order valence-electron chi connectivity index (χ2n) is 6.98. The maximum Gasteiger partial charge on any atom is 0.333 e. The Morgan fingerprint density at radius 3 is 2.17 bits per heavy atom. The number of aromatic nitrogens is 4. The SMILES string of the molecule is CCc1nc2c(c(=O)n(Cc3ccc(Cl)cc3)c(=O)n2Cc2ccccc2)n1C. The third-order valence-corrected chi connectivity index (χ3v) is 5.34. The molecule has 0 N–H and O–H groups in total. The normalized spacial score (nSPS) is 11.3. The summed E-state index contributed by atoms with van der Waals surface area (Å²) in [6.45, 7) is 2.50. The Hall–Kier alpha value is -3.12. The lowest BCUT2D eigenvalue weighted by Gasteiger charge is -2.12. The summed E-state index contributed by atoms with van der Waals surface area (Å²) in [7, 11) is 1.82. The fourth-order valence-corrected chi connectivity index (χ4v) is 3.67. The van der Waals surface area contributed by atoms with Crippen LogP contribution in [0.1, 0.15) is 23.9 Å². The van der Waals surface area contributed by atoms with Crippen molar-refractivity contribution >= 4 is 22.8 Å².